The van der Waals surface area contributed by atoms with Gasteiger partial charge < -0.3 is 10.2 Å². The highest BCUT2D eigenvalue weighted by Crippen LogP contribution is 2.38. The lowest BCUT2D eigenvalue weighted by molar-refractivity contribution is 0.0941. The van der Waals surface area contributed by atoms with Gasteiger partial charge in [0.05, 0.1) is 5.39 Å². The van der Waals surface area contributed by atoms with Gasteiger partial charge in [0, 0.05) is 18.0 Å². The van der Waals surface area contributed by atoms with Crippen molar-refractivity contribution < 1.29 is 4.79 Å². The monoisotopic (exact) mass is 344 g/mol. The third kappa shape index (κ3) is 2.46. The van der Waals surface area contributed by atoms with Crippen LogP contribution in [0.4, 0.5) is 0 Å². The van der Waals surface area contributed by atoms with E-state index in [0.717, 1.165) is 41.1 Å². The van der Waals surface area contributed by atoms with Crippen molar-refractivity contribution in [1.82, 2.24) is 29.8 Å². The van der Waals surface area contributed by atoms with E-state index in [1.54, 1.807) is 15.9 Å². The van der Waals surface area contributed by atoms with E-state index >= 15 is 0 Å². The number of rotatable bonds is 4. The first kappa shape index (κ1) is 15.5. The summed E-state index contributed by atoms with van der Waals surface area (Å²) in [6, 6.07) is 0. The van der Waals surface area contributed by atoms with E-state index in [1.807, 2.05) is 25.9 Å². The van der Waals surface area contributed by atoms with Crippen LogP contribution in [0.3, 0.4) is 0 Å². The maximum Gasteiger partial charge on any atom is 0.291 e. The van der Waals surface area contributed by atoms with E-state index in [1.165, 1.54) is 16.9 Å². The molecule has 0 bridgehead atoms. The third-order valence-corrected chi connectivity index (χ3v) is 5.54. The Balaban J connectivity index is 1.75. The van der Waals surface area contributed by atoms with E-state index in [0.29, 0.717) is 6.54 Å². The third-order valence-electron chi connectivity index (χ3n) is 4.35. The Morgan fingerprint density at radius 1 is 1.33 bits per heavy atom. The zero-order valence-corrected chi connectivity index (χ0v) is 14.9. The molecule has 0 unspecified atom stereocenters. The fourth-order valence-corrected chi connectivity index (χ4v) is 4.46. The molecule has 0 saturated carbocycles. The second-order valence-corrected chi connectivity index (χ2v) is 7.51. The van der Waals surface area contributed by atoms with E-state index in [-0.39, 0.29) is 11.7 Å². The zero-order chi connectivity index (χ0) is 16.8. The molecule has 0 saturated heterocycles. The molecule has 3 heterocycles. The van der Waals surface area contributed by atoms with Gasteiger partial charge >= 0.3 is 0 Å². The number of hydrogen-bond donors (Lipinski definition) is 1. The molecule has 3 aromatic rings. The summed E-state index contributed by atoms with van der Waals surface area (Å²) in [5.74, 6) is 0.737. The lowest BCUT2D eigenvalue weighted by atomic mass is 10.2. The van der Waals surface area contributed by atoms with Crippen LogP contribution < -0.4 is 5.32 Å². The van der Waals surface area contributed by atoms with Crippen LogP contribution in [0.25, 0.3) is 15.9 Å². The minimum Gasteiger partial charge on any atom is -0.348 e. The van der Waals surface area contributed by atoms with Crippen molar-refractivity contribution in [2.24, 2.45) is 0 Å². The zero-order valence-electron chi connectivity index (χ0n) is 14.1. The number of amides is 1. The van der Waals surface area contributed by atoms with Gasteiger partial charge in [-0.25, -0.2) is 9.97 Å². The fraction of sp³-hybridized carbons (Fsp3) is 0.500. The number of fused-ring (bicyclic) bond motifs is 5. The molecule has 1 N–H and O–H groups in total. The molecule has 7 nitrogen and oxygen atoms in total. The molecule has 0 spiro atoms. The molecule has 3 aromatic heterocycles. The second kappa shape index (κ2) is 5.78. The molecule has 0 atom stereocenters. The second-order valence-electron chi connectivity index (χ2n) is 6.43. The van der Waals surface area contributed by atoms with Crippen LogP contribution in [-0.2, 0) is 12.8 Å². The summed E-state index contributed by atoms with van der Waals surface area (Å²) in [6.45, 7) is 3.25. The van der Waals surface area contributed by atoms with Crippen molar-refractivity contribution in [3.05, 3.63) is 22.1 Å². The quantitative estimate of drug-likeness (QED) is 0.775. The lowest BCUT2D eigenvalue weighted by Gasteiger charge is -2.08. The Morgan fingerprint density at radius 2 is 2.17 bits per heavy atom. The van der Waals surface area contributed by atoms with Crippen molar-refractivity contribution >= 4 is 33.1 Å². The summed E-state index contributed by atoms with van der Waals surface area (Å²) in [4.78, 5) is 26.0. The smallest absolute Gasteiger partial charge is 0.291 e. The van der Waals surface area contributed by atoms with E-state index in [4.69, 9.17) is 0 Å². The maximum atomic E-state index is 12.3. The van der Waals surface area contributed by atoms with Crippen LogP contribution in [0.1, 0.15) is 33.3 Å². The lowest BCUT2D eigenvalue weighted by Crippen LogP contribution is -2.32. The Labute approximate surface area is 143 Å². The Hall–Kier alpha value is -2.06. The summed E-state index contributed by atoms with van der Waals surface area (Å²) < 4.78 is 1.70. The van der Waals surface area contributed by atoms with Gasteiger partial charge in [0.1, 0.15) is 10.7 Å². The van der Waals surface area contributed by atoms with Gasteiger partial charge in [0.25, 0.3) is 5.91 Å². The minimum atomic E-state index is -0.236. The van der Waals surface area contributed by atoms with Crippen LogP contribution in [0.15, 0.2) is 0 Å². The molecule has 1 amide bonds. The van der Waals surface area contributed by atoms with Crippen molar-refractivity contribution in [2.75, 3.05) is 27.2 Å². The van der Waals surface area contributed by atoms with Gasteiger partial charge in [-0.05, 0) is 45.8 Å². The van der Waals surface area contributed by atoms with Crippen LogP contribution in [0, 0.1) is 6.92 Å². The number of likely N-dealkylation sites (N-methyl/N-ethyl adjacent to an activating group) is 1. The SMILES string of the molecule is Cc1nc2sc3c(c2c2nc(C(=O)NCCN(C)C)nn12)CCC3. The summed E-state index contributed by atoms with van der Waals surface area (Å²) in [6.07, 6.45) is 3.36. The van der Waals surface area contributed by atoms with Crippen molar-refractivity contribution in [3.8, 4) is 0 Å². The number of nitrogens with one attached hydrogen (secondary N) is 1. The van der Waals surface area contributed by atoms with Crippen molar-refractivity contribution in [1.29, 1.82) is 0 Å². The fourth-order valence-electron chi connectivity index (χ4n) is 3.16. The van der Waals surface area contributed by atoms with Crippen molar-refractivity contribution in [3.63, 3.8) is 0 Å². The van der Waals surface area contributed by atoms with Gasteiger partial charge in [-0.15, -0.1) is 16.4 Å². The number of aromatic nitrogens is 4. The number of carbonyl (C=O) groups excluding carboxylic acids is 1. The number of aryl methyl sites for hydroxylation is 3. The molecule has 0 fully saturated rings. The molecule has 0 aromatic carbocycles. The van der Waals surface area contributed by atoms with Gasteiger partial charge in [-0.1, -0.05) is 0 Å². The first-order chi connectivity index (χ1) is 11.5. The predicted molar refractivity (Wildman–Crippen MR) is 93.8 cm³/mol. The number of thiophene rings is 1. The number of hydrogen-bond acceptors (Lipinski definition) is 6. The highest BCUT2D eigenvalue weighted by molar-refractivity contribution is 7.19. The molecule has 0 aliphatic heterocycles. The predicted octanol–water partition coefficient (Wildman–Crippen LogP) is 1.43. The normalized spacial score (nSPS) is 14.0. The van der Waals surface area contributed by atoms with Crippen LogP contribution in [-0.4, -0.2) is 57.6 Å². The molecular formula is C16H20N6OS. The van der Waals surface area contributed by atoms with Gasteiger partial charge in [0.2, 0.25) is 5.82 Å². The minimum absolute atomic E-state index is 0.212. The summed E-state index contributed by atoms with van der Waals surface area (Å²) in [7, 11) is 3.94. The maximum absolute atomic E-state index is 12.3. The molecule has 1 aliphatic rings. The Kier molecular flexibility index (Phi) is 3.73. The standard InChI is InChI=1S/C16H20N6OS/c1-9-18-16-12(10-5-4-6-11(10)24-16)14-19-13(20-22(9)14)15(23)17-7-8-21(2)3/h4-8H2,1-3H3,(H,17,23). The number of nitrogens with zero attached hydrogens (tertiary/aromatic N) is 5. The highest BCUT2D eigenvalue weighted by Gasteiger charge is 2.24. The molecule has 1 aliphatic carbocycles. The van der Waals surface area contributed by atoms with Crippen molar-refractivity contribution in [2.45, 2.75) is 26.2 Å². The van der Waals surface area contributed by atoms with Crippen LogP contribution in [0.5, 0.6) is 0 Å². The summed E-state index contributed by atoms with van der Waals surface area (Å²) >= 11 is 1.75. The van der Waals surface area contributed by atoms with E-state index in [9.17, 15) is 4.79 Å². The topological polar surface area (TPSA) is 75.4 Å². The largest absolute Gasteiger partial charge is 0.348 e. The summed E-state index contributed by atoms with van der Waals surface area (Å²) in [5.41, 5.74) is 2.11. The average Bonchev–Trinajstić information content (AvgIpc) is 3.19. The van der Waals surface area contributed by atoms with Gasteiger partial charge in [0.15, 0.2) is 5.65 Å². The van der Waals surface area contributed by atoms with E-state index < -0.39 is 0 Å². The molecule has 4 rings (SSSR count). The van der Waals surface area contributed by atoms with Crippen LogP contribution in [0.2, 0.25) is 0 Å². The first-order valence-corrected chi connectivity index (χ1v) is 8.97. The molecule has 126 valence electrons. The Bertz CT molecular complexity index is 941. The van der Waals surface area contributed by atoms with Gasteiger partial charge in [-0.2, -0.15) is 4.52 Å². The van der Waals surface area contributed by atoms with Gasteiger partial charge in [-0.3, -0.25) is 4.79 Å². The number of carbonyl (C=O) groups is 1. The Morgan fingerprint density at radius 3 is 2.96 bits per heavy atom. The molecule has 0 radical (unpaired) electrons. The van der Waals surface area contributed by atoms with Crippen LogP contribution >= 0.6 is 11.3 Å². The molecule has 8 heteroatoms. The highest BCUT2D eigenvalue weighted by atomic mass is 32.1. The molecular weight excluding hydrogens is 324 g/mol. The summed E-state index contributed by atoms with van der Waals surface area (Å²) in [5, 5.41) is 8.34. The first-order valence-electron chi connectivity index (χ1n) is 8.15. The molecule has 24 heavy (non-hydrogen) atoms. The average molecular weight is 344 g/mol. The van der Waals surface area contributed by atoms with E-state index in [2.05, 4.69) is 20.4 Å².